The van der Waals surface area contributed by atoms with Crippen molar-refractivity contribution < 1.29 is 0 Å². The highest BCUT2D eigenvalue weighted by Crippen LogP contribution is 2.22. The number of H-pyrrole nitrogens is 1. The van der Waals surface area contributed by atoms with Crippen LogP contribution in [0, 0.1) is 6.92 Å². The SMILES string of the molecule is Cc1cccc2[nH]cc(CCN(C)C)c12. The van der Waals surface area contributed by atoms with E-state index in [0.717, 1.165) is 13.0 Å². The number of fused-ring (bicyclic) bond motifs is 1. The van der Waals surface area contributed by atoms with Gasteiger partial charge in [-0.15, -0.1) is 0 Å². The first kappa shape index (κ1) is 10.2. The van der Waals surface area contributed by atoms with Gasteiger partial charge in [-0.3, -0.25) is 0 Å². The maximum Gasteiger partial charge on any atom is 0.0459 e. The van der Waals surface area contributed by atoms with Gasteiger partial charge in [-0.1, -0.05) is 12.1 Å². The van der Waals surface area contributed by atoms with Crippen LogP contribution in [0.3, 0.4) is 0 Å². The maximum absolute atomic E-state index is 3.33. The van der Waals surface area contributed by atoms with Crippen molar-refractivity contribution in [3.05, 3.63) is 35.5 Å². The lowest BCUT2D eigenvalue weighted by molar-refractivity contribution is 0.414. The van der Waals surface area contributed by atoms with Crippen molar-refractivity contribution >= 4 is 10.9 Å². The molecule has 0 radical (unpaired) electrons. The molecule has 0 saturated heterocycles. The van der Waals surface area contributed by atoms with Gasteiger partial charge in [-0.05, 0) is 44.6 Å². The average Bonchev–Trinajstić information content (AvgIpc) is 2.59. The van der Waals surface area contributed by atoms with Crippen molar-refractivity contribution in [3.8, 4) is 0 Å². The minimum atomic E-state index is 1.10. The van der Waals surface area contributed by atoms with E-state index in [9.17, 15) is 0 Å². The molecule has 15 heavy (non-hydrogen) atoms. The summed E-state index contributed by atoms with van der Waals surface area (Å²) >= 11 is 0. The summed E-state index contributed by atoms with van der Waals surface area (Å²) in [5.74, 6) is 0. The Morgan fingerprint density at radius 2 is 2.07 bits per heavy atom. The number of hydrogen-bond donors (Lipinski definition) is 1. The van der Waals surface area contributed by atoms with Gasteiger partial charge in [0.2, 0.25) is 0 Å². The van der Waals surface area contributed by atoms with Gasteiger partial charge in [0.15, 0.2) is 0 Å². The predicted octanol–water partition coefficient (Wildman–Crippen LogP) is 2.58. The molecule has 0 spiro atoms. The third-order valence-electron chi connectivity index (χ3n) is 2.82. The van der Waals surface area contributed by atoms with Crippen molar-refractivity contribution in [2.24, 2.45) is 0 Å². The van der Waals surface area contributed by atoms with Crippen LogP contribution >= 0.6 is 0 Å². The summed E-state index contributed by atoms with van der Waals surface area (Å²) in [6, 6.07) is 6.42. The molecule has 0 unspecified atom stereocenters. The lowest BCUT2D eigenvalue weighted by Gasteiger charge is -2.08. The largest absolute Gasteiger partial charge is 0.361 e. The Bertz CT molecular complexity index is 455. The van der Waals surface area contributed by atoms with Crippen molar-refractivity contribution in [2.75, 3.05) is 20.6 Å². The van der Waals surface area contributed by atoms with Crippen LogP contribution in [0.2, 0.25) is 0 Å². The summed E-state index contributed by atoms with van der Waals surface area (Å²) in [5.41, 5.74) is 4.04. The van der Waals surface area contributed by atoms with Gasteiger partial charge in [0.25, 0.3) is 0 Å². The maximum atomic E-state index is 3.33. The second-order valence-electron chi connectivity index (χ2n) is 4.36. The Morgan fingerprint density at radius 1 is 1.27 bits per heavy atom. The molecule has 0 aliphatic carbocycles. The van der Waals surface area contributed by atoms with Gasteiger partial charge in [0.05, 0.1) is 0 Å². The molecule has 80 valence electrons. The highest BCUT2D eigenvalue weighted by molar-refractivity contribution is 5.86. The number of hydrogen-bond acceptors (Lipinski definition) is 1. The minimum Gasteiger partial charge on any atom is -0.361 e. The van der Waals surface area contributed by atoms with Crippen LogP contribution in [0.1, 0.15) is 11.1 Å². The summed E-state index contributed by atoms with van der Waals surface area (Å²) in [4.78, 5) is 5.55. The summed E-state index contributed by atoms with van der Waals surface area (Å²) in [6.07, 6.45) is 3.25. The smallest absolute Gasteiger partial charge is 0.0459 e. The van der Waals surface area contributed by atoms with Crippen LogP contribution in [-0.4, -0.2) is 30.5 Å². The zero-order chi connectivity index (χ0) is 10.8. The Balaban J connectivity index is 2.35. The van der Waals surface area contributed by atoms with Gasteiger partial charge in [0.1, 0.15) is 0 Å². The van der Waals surface area contributed by atoms with E-state index in [-0.39, 0.29) is 0 Å². The molecule has 0 amide bonds. The quantitative estimate of drug-likeness (QED) is 0.810. The number of aromatic nitrogens is 1. The van der Waals surface area contributed by atoms with Gasteiger partial charge in [-0.25, -0.2) is 0 Å². The monoisotopic (exact) mass is 202 g/mol. The van der Waals surface area contributed by atoms with Gasteiger partial charge >= 0.3 is 0 Å². The van der Waals surface area contributed by atoms with Gasteiger partial charge in [0, 0.05) is 23.6 Å². The van der Waals surface area contributed by atoms with Crippen molar-refractivity contribution in [2.45, 2.75) is 13.3 Å². The lowest BCUT2D eigenvalue weighted by Crippen LogP contribution is -2.14. The summed E-state index contributed by atoms with van der Waals surface area (Å²) in [5, 5.41) is 1.40. The fourth-order valence-electron chi connectivity index (χ4n) is 1.99. The molecule has 1 aromatic heterocycles. The van der Waals surface area contributed by atoms with Crippen molar-refractivity contribution in [1.29, 1.82) is 0 Å². The third kappa shape index (κ3) is 2.05. The first-order valence-corrected chi connectivity index (χ1v) is 5.39. The number of aryl methyl sites for hydroxylation is 1. The van der Waals surface area contributed by atoms with Gasteiger partial charge in [-0.2, -0.15) is 0 Å². The zero-order valence-corrected chi connectivity index (χ0v) is 9.67. The molecule has 2 nitrogen and oxygen atoms in total. The van der Waals surface area contributed by atoms with Crippen molar-refractivity contribution in [1.82, 2.24) is 9.88 Å². The Labute approximate surface area is 90.9 Å². The topological polar surface area (TPSA) is 19.0 Å². The van der Waals surface area contributed by atoms with Crippen LogP contribution < -0.4 is 0 Å². The Morgan fingerprint density at radius 3 is 2.80 bits per heavy atom. The molecule has 0 fully saturated rings. The second-order valence-corrected chi connectivity index (χ2v) is 4.36. The molecule has 1 aromatic carbocycles. The molecule has 2 rings (SSSR count). The van der Waals surface area contributed by atoms with Crippen LogP contribution in [0.25, 0.3) is 10.9 Å². The molecule has 0 aliphatic rings. The summed E-state index contributed by atoms with van der Waals surface area (Å²) < 4.78 is 0. The van der Waals surface area contributed by atoms with Crippen LogP contribution in [0.15, 0.2) is 24.4 Å². The highest BCUT2D eigenvalue weighted by atomic mass is 15.0. The standard InChI is InChI=1S/C13H18N2/c1-10-5-4-6-12-13(10)11(9-14-12)7-8-15(2)3/h4-6,9,14H,7-8H2,1-3H3. The van der Waals surface area contributed by atoms with Gasteiger partial charge < -0.3 is 9.88 Å². The number of nitrogens with zero attached hydrogens (tertiary/aromatic N) is 1. The lowest BCUT2D eigenvalue weighted by atomic mass is 10.1. The van der Waals surface area contributed by atoms with Crippen molar-refractivity contribution in [3.63, 3.8) is 0 Å². The normalized spacial score (nSPS) is 11.5. The molecule has 2 heteroatoms. The molecular formula is C13H18N2. The van der Waals surface area contributed by atoms with E-state index < -0.39 is 0 Å². The average molecular weight is 202 g/mol. The van der Waals surface area contributed by atoms with E-state index in [1.165, 1.54) is 22.0 Å². The predicted molar refractivity (Wildman–Crippen MR) is 65.3 cm³/mol. The molecule has 2 aromatic rings. The second kappa shape index (κ2) is 4.07. The summed E-state index contributed by atoms with van der Waals surface area (Å²) in [7, 11) is 4.23. The third-order valence-corrected chi connectivity index (χ3v) is 2.82. The molecule has 0 saturated carbocycles. The molecule has 1 N–H and O–H groups in total. The molecule has 0 aliphatic heterocycles. The molecule has 0 atom stereocenters. The number of nitrogens with one attached hydrogen (secondary N) is 1. The Hall–Kier alpha value is -1.28. The fourth-order valence-corrected chi connectivity index (χ4v) is 1.99. The first-order chi connectivity index (χ1) is 7.18. The number of likely N-dealkylation sites (N-methyl/N-ethyl adjacent to an activating group) is 1. The summed E-state index contributed by atoms with van der Waals surface area (Å²) in [6.45, 7) is 3.27. The fraction of sp³-hybridized carbons (Fsp3) is 0.385. The molecule has 1 heterocycles. The van der Waals surface area contributed by atoms with E-state index in [0.29, 0.717) is 0 Å². The van der Waals surface area contributed by atoms with Crippen LogP contribution in [0.5, 0.6) is 0 Å². The highest BCUT2D eigenvalue weighted by Gasteiger charge is 2.05. The molecule has 0 bridgehead atoms. The van der Waals surface area contributed by atoms with E-state index in [1.54, 1.807) is 0 Å². The van der Waals surface area contributed by atoms with E-state index in [2.05, 4.69) is 55.3 Å². The van der Waals surface area contributed by atoms with E-state index in [1.807, 2.05) is 0 Å². The number of rotatable bonds is 3. The first-order valence-electron chi connectivity index (χ1n) is 5.39. The van der Waals surface area contributed by atoms with E-state index >= 15 is 0 Å². The number of benzene rings is 1. The molecular weight excluding hydrogens is 184 g/mol. The minimum absolute atomic E-state index is 1.10. The van der Waals surface area contributed by atoms with Crippen LogP contribution in [-0.2, 0) is 6.42 Å². The zero-order valence-electron chi connectivity index (χ0n) is 9.67. The van der Waals surface area contributed by atoms with Crippen LogP contribution in [0.4, 0.5) is 0 Å². The van der Waals surface area contributed by atoms with E-state index in [4.69, 9.17) is 0 Å². The Kier molecular flexibility index (Phi) is 2.78. The number of aromatic amines is 1.